The predicted octanol–water partition coefficient (Wildman–Crippen LogP) is 7.70. The second kappa shape index (κ2) is 19.0. The van der Waals surface area contributed by atoms with Crippen LogP contribution in [-0.2, 0) is 5.11 Å². The minimum Gasteiger partial charge on any atom is -0.237 e. The van der Waals surface area contributed by atoms with Gasteiger partial charge in [-0.1, -0.05) is 117 Å². The summed E-state index contributed by atoms with van der Waals surface area (Å²) in [7, 11) is 0. The molecule has 1 radical (unpaired) electrons. The number of hydrogen-bond donors (Lipinski definition) is 0. The maximum atomic E-state index is 10.9. The van der Waals surface area contributed by atoms with Gasteiger partial charge in [0, 0.05) is 0 Å². The van der Waals surface area contributed by atoms with E-state index in [2.05, 4.69) is 13.8 Å². The molecule has 0 bridgehead atoms. The van der Waals surface area contributed by atoms with E-state index in [0.29, 0.717) is 0 Å². The van der Waals surface area contributed by atoms with Gasteiger partial charge in [0.2, 0.25) is 0 Å². The van der Waals surface area contributed by atoms with Crippen molar-refractivity contribution in [1.82, 2.24) is 0 Å². The summed E-state index contributed by atoms with van der Waals surface area (Å²) >= 11 is 0. The SMILES string of the molecule is CCCCCCCCCCC(CC[O])CCCCCCCC. The third kappa shape index (κ3) is 16.3. The van der Waals surface area contributed by atoms with Crippen LogP contribution in [-0.4, -0.2) is 6.61 Å². The number of unbranched alkanes of at least 4 members (excludes halogenated alkanes) is 12. The molecule has 0 spiro atoms. The van der Waals surface area contributed by atoms with E-state index in [-0.39, 0.29) is 6.61 Å². The smallest absolute Gasteiger partial charge is 0.0825 e. The zero-order valence-corrected chi connectivity index (χ0v) is 15.7. The van der Waals surface area contributed by atoms with Gasteiger partial charge in [-0.25, -0.2) is 5.11 Å². The summed E-state index contributed by atoms with van der Waals surface area (Å²) in [5, 5.41) is 10.9. The van der Waals surface area contributed by atoms with Crippen LogP contribution < -0.4 is 0 Å². The van der Waals surface area contributed by atoms with Gasteiger partial charge >= 0.3 is 0 Å². The molecule has 0 N–H and O–H groups in total. The van der Waals surface area contributed by atoms with Crippen molar-refractivity contribution in [2.45, 2.75) is 123 Å². The fraction of sp³-hybridized carbons (Fsp3) is 1.00. The van der Waals surface area contributed by atoms with E-state index in [1.807, 2.05) is 0 Å². The highest BCUT2D eigenvalue weighted by molar-refractivity contribution is 4.60. The van der Waals surface area contributed by atoms with Crippen LogP contribution in [0.3, 0.4) is 0 Å². The molecule has 0 fully saturated rings. The van der Waals surface area contributed by atoms with Crippen molar-refractivity contribution in [3.63, 3.8) is 0 Å². The third-order valence-electron chi connectivity index (χ3n) is 4.96. The molecule has 0 amide bonds. The van der Waals surface area contributed by atoms with Gasteiger partial charge in [0.15, 0.2) is 0 Å². The van der Waals surface area contributed by atoms with Crippen LogP contribution in [0.2, 0.25) is 0 Å². The molecular weight excluding hydrogens is 268 g/mol. The van der Waals surface area contributed by atoms with Crippen LogP contribution in [0.15, 0.2) is 0 Å². The monoisotopic (exact) mass is 311 g/mol. The summed E-state index contributed by atoms with van der Waals surface area (Å²) in [6.07, 6.45) is 23.0. The minimum absolute atomic E-state index is 0.136. The first-order valence-electron chi connectivity index (χ1n) is 10.4. The van der Waals surface area contributed by atoms with Gasteiger partial charge in [0.05, 0.1) is 6.61 Å². The van der Waals surface area contributed by atoms with Gasteiger partial charge < -0.3 is 0 Å². The first-order valence-corrected chi connectivity index (χ1v) is 10.4. The molecular formula is C21H43O. The topological polar surface area (TPSA) is 19.9 Å². The number of hydrogen-bond acceptors (Lipinski definition) is 0. The van der Waals surface area contributed by atoms with Crippen LogP contribution in [0.1, 0.15) is 123 Å². The Morgan fingerprint density at radius 2 is 0.864 bits per heavy atom. The average molecular weight is 312 g/mol. The fourth-order valence-electron chi connectivity index (χ4n) is 3.38. The molecule has 0 aromatic heterocycles. The maximum absolute atomic E-state index is 10.9. The van der Waals surface area contributed by atoms with Crippen molar-refractivity contribution >= 4 is 0 Å². The van der Waals surface area contributed by atoms with Crippen LogP contribution in [0, 0.1) is 5.92 Å². The van der Waals surface area contributed by atoms with E-state index in [1.165, 1.54) is 103 Å². The molecule has 0 aromatic carbocycles. The average Bonchev–Trinajstić information content (AvgIpc) is 2.53. The van der Waals surface area contributed by atoms with Crippen molar-refractivity contribution in [2.75, 3.05) is 6.61 Å². The van der Waals surface area contributed by atoms with Gasteiger partial charge in [-0.15, -0.1) is 0 Å². The lowest BCUT2D eigenvalue weighted by Gasteiger charge is -2.15. The predicted molar refractivity (Wildman–Crippen MR) is 98.9 cm³/mol. The normalized spacial score (nSPS) is 12.7. The molecule has 0 saturated heterocycles. The van der Waals surface area contributed by atoms with Gasteiger partial charge in [-0.2, -0.15) is 0 Å². The summed E-state index contributed by atoms with van der Waals surface area (Å²) in [5.74, 6) is 0.726. The van der Waals surface area contributed by atoms with Crippen molar-refractivity contribution in [3.8, 4) is 0 Å². The first kappa shape index (κ1) is 22.0. The van der Waals surface area contributed by atoms with E-state index < -0.39 is 0 Å². The Morgan fingerprint density at radius 1 is 0.500 bits per heavy atom. The molecule has 1 atom stereocenters. The van der Waals surface area contributed by atoms with Crippen molar-refractivity contribution < 1.29 is 5.11 Å². The summed E-state index contributed by atoms with van der Waals surface area (Å²) in [5.41, 5.74) is 0. The Morgan fingerprint density at radius 3 is 1.23 bits per heavy atom. The third-order valence-corrected chi connectivity index (χ3v) is 4.96. The summed E-state index contributed by atoms with van der Waals surface area (Å²) in [4.78, 5) is 0. The summed E-state index contributed by atoms with van der Waals surface area (Å²) in [6, 6.07) is 0. The first-order chi connectivity index (χ1) is 10.8. The zero-order valence-electron chi connectivity index (χ0n) is 15.7. The van der Waals surface area contributed by atoms with Crippen molar-refractivity contribution in [2.24, 2.45) is 5.92 Å². The van der Waals surface area contributed by atoms with E-state index >= 15 is 0 Å². The lowest BCUT2D eigenvalue weighted by Crippen LogP contribution is -2.03. The molecule has 1 unspecified atom stereocenters. The van der Waals surface area contributed by atoms with Gasteiger partial charge in [0.1, 0.15) is 0 Å². The summed E-state index contributed by atoms with van der Waals surface area (Å²) in [6.45, 7) is 4.69. The molecule has 0 saturated carbocycles. The Bertz CT molecular complexity index is 190. The highest BCUT2D eigenvalue weighted by Gasteiger charge is 2.08. The molecule has 0 aliphatic heterocycles. The highest BCUT2D eigenvalue weighted by Crippen LogP contribution is 2.22. The van der Waals surface area contributed by atoms with Crippen LogP contribution in [0.5, 0.6) is 0 Å². The molecule has 133 valence electrons. The van der Waals surface area contributed by atoms with E-state index in [0.717, 1.165) is 12.3 Å². The molecule has 1 nitrogen and oxygen atoms in total. The Kier molecular flexibility index (Phi) is 19.0. The van der Waals surface area contributed by atoms with Crippen LogP contribution in [0.25, 0.3) is 0 Å². The molecule has 0 aliphatic rings. The van der Waals surface area contributed by atoms with Crippen LogP contribution in [0.4, 0.5) is 0 Å². The second-order valence-corrected chi connectivity index (χ2v) is 7.18. The Hall–Kier alpha value is -0.0400. The highest BCUT2D eigenvalue weighted by atomic mass is 16.3. The van der Waals surface area contributed by atoms with Crippen molar-refractivity contribution in [1.29, 1.82) is 0 Å². The molecule has 22 heavy (non-hydrogen) atoms. The fourth-order valence-corrected chi connectivity index (χ4v) is 3.38. The van der Waals surface area contributed by atoms with E-state index in [9.17, 15) is 5.11 Å². The Labute approximate surface area is 141 Å². The quantitative estimate of drug-likeness (QED) is 0.231. The number of rotatable bonds is 18. The van der Waals surface area contributed by atoms with Crippen LogP contribution >= 0.6 is 0 Å². The summed E-state index contributed by atoms with van der Waals surface area (Å²) < 4.78 is 0. The van der Waals surface area contributed by atoms with E-state index in [4.69, 9.17) is 0 Å². The lowest BCUT2D eigenvalue weighted by molar-refractivity contribution is 0.163. The lowest BCUT2D eigenvalue weighted by atomic mass is 9.92. The molecule has 0 rings (SSSR count). The van der Waals surface area contributed by atoms with Gasteiger partial charge in [0.25, 0.3) is 0 Å². The van der Waals surface area contributed by atoms with E-state index in [1.54, 1.807) is 0 Å². The largest absolute Gasteiger partial charge is 0.237 e. The van der Waals surface area contributed by atoms with Gasteiger partial charge in [-0.05, 0) is 12.3 Å². The molecule has 0 aromatic rings. The standard InChI is InChI=1S/C21H43O/c1-3-5-7-9-11-12-14-16-18-21(19-20-22)17-15-13-10-8-6-4-2/h21H,3-20H2,1-2H3. The zero-order chi connectivity index (χ0) is 16.3. The molecule has 1 heteroatoms. The molecule has 0 aliphatic carbocycles. The minimum atomic E-state index is 0.136. The second-order valence-electron chi connectivity index (χ2n) is 7.18. The molecule has 0 heterocycles. The maximum Gasteiger partial charge on any atom is 0.0825 e. The Balaban J connectivity index is 3.43. The van der Waals surface area contributed by atoms with Gasteiger partial charge in [-0.3, -0.25) is 0 Å². The van der Waals surface area contributed by atoms with Crippen molar-refractivity contribution in [3.05, 3.63) is 0 Å².